The van der Waals surface area contributed by atoms with Gasteiger partial charge in [-0.2, -0.15) is 0 Å². The molecule has 1 aromatic carbocycles. The third kappa shape index (κ3) is 2.62. The Morgan fingerprint density at radius 1 is 1.31 bits per heavy atom. The van der Waals surface area contributed by atoms with Gasteiger partial charge in [0.2, 0.25) is 0 Å². The first-order chi connectivity index (χ1) is 7.27. The van der Waals surface area contributed by atoms with E-state index in [2.05, 4.69) is 0 Å². The van der Waals surface area contributed by atoms with E-state index in [0.717, 1.165) is 16.7 Å². The first-order valence-corrected chi connectivity index (χ1v) is 7.08. The van der Waals surface area contributed by atoms with Gasteiger partial charge in [0.15, 0.2) is 9.84 Å². The van der Waals surface area contributed by atoms with Crippen LogP contribution in [-0.4, -0.2) is 26.4 Å². The lowest BCUT2D eigenvalue weighted by atomic mass is 9.94. The topological polar surface area (TPSA) is 54.4 Å². The number of aliphatic hydroxyl groups excluding tert-OH is 1. The zero-order valence-electron chi connectivity index (χ0n) is 10.1. The molecule has 0 aliphatic rings. The monoisotopic (exact) mass is 242 g/mol. The zero-order chi connectivity index (χ0) is 12.5. The van der Waals surface area contributed by atoms with E-state index in [0.29, 0.717) is 4.90 Å². The molecule has 90 valence electrons. The Morgan fingerprint density at radius 2 is 1.88 bits per heavy atom. The van der Waals surface area contributed by atoms with Gasteiger partial charge in [0, 0.05) is 18.8 Å². The maximum absolute atomic E-state index is 11.5. The molecule has 0 amide bonds. The van der Waals surface area contributed by atoms with E-state index in [4.69, 9.17) is 5.11 Å². The predicted octanol–water partition coefficient (Wildman–Crippen LogP) is 1.80. The Balaban J connectivity index is 3.45. The molecule has 1 rings (SSSR count). The summed E-state index contributed by atoms with van der Waals surface area (Å²) >= 11 is 0. The summed E-state index contributed by atoms with van der Waals surface area (Å²) in [6, 6.07) is 3.34. The molecule has 1 N–H and O–H groups in total. The van der Waals surface area contributed by atoms with Gasteiger partial charge >= 0.3 is 0 Å². The van der Waals surface area contributed by atoms with Crippen LogP contribution in [0, 0.1) is 13.8 Å². The summed E-state index contributed by atoms with van der Waals surface area (Å²) < 4.78 is 23.0. The van der Waals surface area contributed by atoms with Crippen molar-refractivity contribution in [3.05, 3.63) is 28.8 Å². The third-order valence-corrected chi connectivity index (χ3v) is 4.01. The van der Waals surface area contributed by atoms with Crippen LogP contribution in [0.1, 0.15) is 29.5 Å². The average Bonchev–Trinajstić information content (AvgIpc) is 2.19. The maximum atomic E-state index is 11.5. The van der Waals surface area contributed by atoms with Crippen LogP contribution in [0.2, 0.25) is 0 Å². The van der Waals surface area contributed by atoms with E-state index in [1.807, 2.05) is 20.8 Å². The van der Waals surface area contributed by atoms with Crippen LogP contribution < -0.4 is 0 Å². The highest BCUT2D eigenvalue weighted by atomic mass is 32.2. The molecule has 0 saturated carbocycles. The van der Waals surface area contributed by atoms with Gasteiger partial charge in [-0.25, -0.2) is 8.42 Å². The molecule has 1 unspecified atom stereocenters. The standard InChI is InChI=1S/C12H18O3S/c1-8-5-11(16(4,14)15)6-12(10(8)3)9(2)7-13/h5-6,9,13H,7H2,1-4H3. The van der Waals surface area contributed by atoms with Gasteiger partial charge in [-0.05, 0) is 42.7 Å². The van der Waals surface area contributed by atoms with Crippen LogP contribution in [0.15, 0.2) is 17.0 Å². The van der Waals surface area contributed by atoms with Crippen LogP contribution in [0.4, 0.5) is 0 Å². The van der Waals surface area contributed by atoms with Crippen LogP contribution >= 0.6 is 0 Å². The molecule has 0 saturated heterocycles. The predicted molar refractivity (Wildman–Crippen MR) is 64.5 cm³/mol. The Hall–Kier alpha value is -0.870. The molecule has 3 nitrogen and oxygen atoms in total. The van der Waals surface area contributed by atoms with Crippen LogP contribution in [0.25, 0.3) is 0 Å². The molecule has 0 aliphatic heterocycles. The Morgan fingerprint density at radius 3 is 2.31 bits per heavy atom. The van der Waals surface area contributed by atoms with Crippen molar-refractivity contribution in [2.45, 2.75) is 31.6 Å². The fourth-order valence-electron chi connectivity index (χ4n) is 1.68. The van der Waals surface area contributed by atoms with Gasteiger partial charge in [-0.15, -0.1) is 0 Å². The van der Waals surface area contributed by atoms with Crippen LogP contribution in [-0.2, 0) is 9.84 Å². The highest BCUT2D eigenvalue weighted by molar-refractivity contribution is 7.90. The second-order valence-corrected chi connectivity index (χ2v) is 6.33. The number of sulfone groups is 1. The summed E-state index contributed by atoms with van der Waals surface area (Å²) in [6.07, 6.45) is 1.20. The van der Waals surface area contributed by atoms with Gasteiger partial charge in [0.25, 0.3) is 0 Å². The van der Waals surface area contributed by atoms with Gasteiger partial charge < -0.3 is 5.11 Å². The Kier molecular flexibility index (Phi) is 3.76. The minimum Gasteiger partial charge on any atom is -0.396 e. The first kappa shape index (κ1) is 13.2. The number of benzene rings is 1. The quantitative estimate of drug-likeness (QED) is 0.879. The number of aliphatic hydroxyl groups is 1. The zero-order valence-corrected chi connectivity index (χ0v) is 10.9. The van der Waals surface area contributed by atoms with Crippen molar-refractivity contribution in [1.29, 1.82) is 0 Å². The van der Waals surface area contributed by atoms with E-state index in [-0.39, 0.29) is 12.5 Å². The summed E-state index contributed by atoms with van der Waals surface area (Å²) in [5, 5.41) is 9.15. The molecule has 1 atom stereocenters. The van der Waals surface area contributed by atoms with Crippen molar-refractivity contribution in [2.24, 2.45) is 0 Å². The Bertz CT molecular complexity index is 489. The average molecular weight is 242 g/mol. The van der Waals surface area contributed by atoms with Crippen molar-refractivity contribution >= 4 is 9.84 Å². The highest BCUT2D eigenvalue weighted by Gasteiger charge is 2.15. The molecule has 0 aliphatic carbocycles. The SMILES string of the molecule is Cc1cc(S(C)(=O)=O)cc(C(C)CO)c1C. The molecule has 0 aromatic heterocycles. The van der Waals surface area contributed by atoms with E-state index in [1.165, 1.54) is 6.26 Å². The second-order valence-electron chi connectivity index (χ2n) is 4.31. The Labute approximate surface area is 97.0 Å². The van der Waals surface area contributed by atoms with Gasteiger partial charge in [-0.1, -0.05) is 6.92 Å². The number of hydrogen-bond donors (Lipinski definition) is 1. The lowest BCUT2D eigenvalue weighted by Crippen LogP contribution is -2.06. The molecule has 0 heterocycles. The summed E-state index contributed by atoms with van der Waals surface area (Å²) in [5.41, 5.74) is 2.90. The van der Waals surface area contributed by atoms with E-state index in [1.54, 1.807) is 12.1 Å². The fraction of sp³-hybridized carbons (Fsp3) is 0.500. The molecular formula is C12H18O3S. The van der Waals surface area contributed by atoms with Gasteiger partial charge in [-0.3, -0.25) is 0 Å². The minimum atomic E-state index is -3.19. The minimum absolute atomic E-state index is 0.0213. The summed E-state index contributed by atoms with van der Waals surface area (Å²) in [7, 11) is -3.19. The molecule has 0 fully saturated rings. The third-order valence-electron chi connectivity index (χ3n) is 2.91. The molecular weight excluding hydrogens is 224 g/mol. The van der Waals surface area contributed by atoms with Crippen molar-refractivity contribution in [3.63, 3.8) is 0 Å². The second kappa shape index (κ2) is 4.55. The highest BCUT2D eigenvalue weighted by Crippen LogP contribution is 2.25. The van der Waals surface area contributed by atoms with E-state index >= 15 is 0 Å². The van der Waals surface area contributed by atoms with Gasteiger partial charge in [0.05, 0.1) is 4.90 Å². The maximum Gasteiger partial charge on any atom is 0.175 e. The van der Waals surface area contributed by atoms with Crippen molar-refractivity contribution in [1.82, 2.24) is 0 Å². The normalized spacial score (nSPS) is 13.8. The van der Waals surface area contributed by atoms with Gasteiger partial charge in [0.1, 0.15) is 0 Å². The molecule has 16 heavy (non-hydrogen) atoms. The van der Waals surface area contributed by atoms with Crippen molar-refractivity contribution in [3.8, 4) is 0 Å². The number of aryl methyl sites for hydroxylation is 1. The first-order valence-electron chi connectivity index (χ1n) is 5.19. The summed E-state index contributed by atoms with van der Waals surface area (Å²) in [6.45, 7) is 5.74. The van der Waals surface area contributed by atoms with Crippen LogP contribution in [0.5, 0.6) is 0 Å². The molecule has 1 aromatic rings. The molecule has 0 bridgehead atoms. The van der Waals surface area contributed by atoms with E-state index in [9.17, 15) is 8.42 Å². The lowest BCUT2D eigenvalue weighted by molar-refractivity contribution is 0.272. The fourth-order valence-corrected chi connectivity index (χ4v) is 2.41. The summed E-state index contributed by atoms with van der Waals surface area (Å²) in [4.78, 5) is 0.325. The summed E-state index contributed by atoms with van der Waals surface area (Å²) in [5.74, 6) is -0.0413. The lowest BCUT2D eigenvalue weighted by Gasteiger charge is -2.15. The largest absolute Gasteiger partial charge is 0.396 e. The number of hydrogen-bond acceptors (Lipinski definition) is 3. The number of rotatable bonds is 3. The van der Waals surface area contributed by atoms with Crippen molar-refractivity contribution in [2.75, 3.05) is 12.9 Å². The molecule has 0 radical (unpaired) electrons. The smallest absolute Gasteiger partial charge is 0.175 e. The molecule has 0 spiro atoms. The van der Waals surface area contributed by atoms with Crippen molar-refractivity contribution < 1.29 is 13.5 Å². The van der Waals surface area contributed by atoms with E-state index < -0.39 is 9.84 Å². The molecule has 4 heteroatoms. The van der Waals surface area contributed by atoms with Crippen LogP contribution in [0.3, 0.4) is 0 Å².